The average Bonchev–Trinajstić information content (AvgIpc) is 2.91. The summed E-state index contributed by atoms with van der Waals surface area (Å²) in [5.41, 5.74) is 5.70. The molecule has 6 heteroatoms. The van der Waals surface area contributed by atoms with Crippen LogP contribution in [0.4, 0.5) is 0 Å². The molecule has 0 bridgehead atoms. The van der Waals surface area contributed by atoms with E-state index in [1.807, 2.05) is 0 Å². The number of pyridine rings is 1. The number of rotatable bonds is 5. The molecule has 5 nitrogen and oxygen atoms in total. The standard InChI is InChI=1S/C12H19N3O2S/c13-8-12(10-4-1-2-5-10)15-18(16,17)11-6-3-7-14-9-11/h3,6-7,9-10,12,15H,1-2,4-5,8,13H2. The number of nitrogens with one attached hydrogen (secondary N) is 1. The lowest BCUT2D eigenvalue weighted by molar-refractivity contribution is 0.405. The lowest BCUT2D eigenvalue weighted by atomic mass is 9.99. The van der Waals surface area contributed by atoms with Crippen LogP contribution in [-0.2, 0) is 10.0 Å². The second-order valence-corrected chi connectivity index (χ2v) is 6.41. The van der Waals surface area contributed by atoms with Crippen LogP contribution in [0.15, 0.2) is 29.4 Å². The summed E-state index contributed by atoms with van der Waals surface area (Å²) in [6, 6.07) is 2.98. The molecule has 1 aromatic heterocycles. The topological polar surface area (TPSA) is 85.1 Å². The quantitative estimate of drug-likeness (QED) is 0.831. The van der Waals surface area contributed by atoms with Gasteiger partial charge >= 0.3 is 0 Å². The maximum atomic E-state index is 12.2. The third-order valence-electron chi connectivity index (χ3n) is 3.47. The van der Waals surface area contributed by atoms with Gasteiger partial charge in [-0.2, -0.15) is 0 Å². The maximum absolute atomic E-state index is 12.2. The van der Waals surface area contributed by atoms with E-state index in [0.29, 0.717) is 12.5 Å². The lowest BCUT2D eigenvalue weighted by Crippen LogP contribution is -2.44. The van der Waals surface area contributed by atoms with Crippen LogP contribution in [-0.4, -0.2) is 26.0 Å². The van der Waals surface area contributed by atoms with Crippen LogP contribution in [0.5, 0.6) is 0 Å². The van der Waals surface area contributed by atoms with E-state index in [0.717, 1.165) is 25.7 Å². The molecule has 1 fully saturated rings. The molecule has 0 saturated heterocycles. The van der Waals surface area contributed by atoms with Crippen LogP contribution in [0.1, 0.15) is 25.7 Å². The van der Waals surface area contributed by atoms with Crippen molar-refractivity contribution in [2.45, 2.75) is 36.6 Å². The molecule has 1 aliphatic carbocycles. The Hall–Kier alpha value is -0.980. The van der Waals surface area contributed by atoms with Crippen LogP contribution in [0.3, 0.4) is 0 Å². The zero-order chi connectivity index (χ0) is 13.0. The fourth-order valence-corrected chi connectivity index (χ4v) is 3.75. The minimum absolute atomic E-state index is 0.169. The fraction of sp³-hybridized carbons (Fsp3) is 0.583. The fourth-order valence-electron chi connectivity index (χ4n) is 2.47. The Morgan fingerprint density at radius 3 is 2.72 bits per heavy atom. The molecule has 1 aromatic rings. The van der Waals surface area contributed by atoms with Crippen molar-refractivity contribution in [3.8, 4) is 0 Å². The van der Waals surface area contributed by atoms with Gasteiger partial charge in [-0.3, -0.25) is 4.98 Å². The predicted octanol–water partition coefficient (Wildman–Crippen LogP) is 0.877. The van der Waals surface area contributed by atoms with Crippen LogP contribution in [0, 0.1) is 5.92 Å². The first-order chi connectivity index (χ1) is 8.63. The third-order valence-corrected chi connectivity index (χ3v) is 4.95. The third kappa shape index (κ3) is 3.07. The molecular weight excluding hydrogens is 250 g/mol. The predicted molar refractivity (Wildman–Crippen MR) is 69.4 cm³/mol. The van der Waals surface area contributed by atoms with Crippen LogP contribution >= 0.6 is 0 Å². The molecule has 1 heterocycles. The summed E-state index contributed by atoms with van der Waals surface area (Å²) in [5.74, 6) is 0.362. The van der Waals surface area contributed by atoms with Crippen molar-refractivity contribution < 1.29 is 8.42 Å². The molecule has 0 radical (unpaired) electrons. The van der Waals surface area contributed by atoms with E-state index in [1.165, 1.54) is 12.3 Å². The maximum Gasteiger partial charge on any atom is 0.242 e. The molecule has 100 valence electrons. The molecule has 3 N–H and O–H groups in total. The van der Waals surface area contributed by atoms with E-state index in [4.69, 9.17) is 5.73 Å². The summed E-state index contributed by atoms with van der Waals surface area (Å²) in [6.45, 7) is 0.337. The van der Waals surface area contributed by atoms with Gasteiger partial charge in [0, 0.05) is 25.0 Å². The SMILES string of the molecule is NCC(NS(=O)(=O)c1cccnc1)C1CCCC1. The Balaban J connectivity index is 2.11. The highest BCUT2D eigenvalue weighted by Gasteiger charge is 2.28. The Kier molecular flexibility index (Phi) is 4.31. The van der Waals surface area contributed by atoms with Gasteiger partial charge in [-0.1, -0.05) is 12.8 Å². The largest absolute Gasteiger partial charge is 0.329 e. The first kappa shape index (κ1) is 13.5. The lowest BCUT2D eigenvalue weighted by Gasteiger charge is -2.22. The van der Waals surface area contributed by atoms with Gasteiger partial charge in [0.1, 0.15) is 4.90 Å². The van der Waals surface area contributed by atoms with Gasteiger partial charge in [-0.15, -0.1) is 0 Å². The van der Waals surface area contributed by atoms with Crippen molar-refractivity contribution in [3.05, 3.63) is 24.5 Å². The summed E-state index contributed by atoms with van der Waals surface area (Å²) in [5, 5.41) is 0. The molecule has 1 atom stereocenters. The Morgan fingerprint density at radius 1 is 1.44 bits per heavy atom. The van der Waals surface area contributed by atoms with Gasteiger partial charge in [-0.25, -0.2) is 13.1 Å². The van der Waals surface area contributed by atoms with Gasteiger partial charge in [-0.05, 0) is 30.9 Å². The Bertz CT molecular complexity index is 469. The number of sulfonamides is 1. The molecule has 0 amide bonds. The van der Waals surface area contributed by atoms with Gasteiger partial charge in [0.25, 0.3) is 0 Å². The first-order valence-corrected chi connectivity index (χ1v) is 7.74. The second-order valence-electron chi connectivity index (χ2n) is 4.70. The van der Waals surface area contributed by atoms with E-state index in [9.17, 15) is 8.42 Å². The average molecular weight is 269 g/mol. The van der Waals surface area contributed by atoms with Crippen molar-refractivity contribution in [2.75, 3.05) is 6.54 Å². The summed E-state index contributed by atoms with van der Waals surface area (Å²) in [7, 11) is -3.50. The van der Waals surface area contributed by atoms with E-state index in [1.54, 1.807) is 12.3 Å². The van der Waals surface area contributed by atoms with Crippen molar-refractivity contribution in [3.63, 3.8) is 0 Å². The van der Waals surface area contributed by atoms with E-state index in [2.05, 4.69) is 9.71 Å². The number of nitrogens with two attached hydrogens (primary N) is 1. The van der Waals surface area contributed by atoms with E-state index in [-0.39, 0.29) is 10.9 Å². The molecular formula is C12H19N3O2S. The number of hydrogen-bond acceptors (Lipinski definition) is 4. The summed E-state index contributed by atoms with van der Waals surface area (Å²) >= 11 is 0. The molecule has 2 rings (SSSR count). The van der Waals surface area contributed by atoms with Gasteiger partial charge in [0.2, 0.25) is 10.0 Å². The van der Waals surface area contributed by atoms with Gasteiger partial charge < -0.3 is 5.73 Å². The van der Waals surface area contributed by atoms with Gasteiger partial charge in [0.15, 0.2) is 0 Å². The van der Waals surface area contributed by atoms with Crippen molar-refractivity contribution >= 4 is 10.0 Å². The summed E-state index contributed by atoms with van der Waals surface area (Å²) in [6.07, 6.45) is 7.33. The van der Waals surface area contributed by atoms with Crippen molar-refractivity contribution in [2.24, 2.45) is 11.7 Å². The zero-order valence-electron chi connectivity index (χ0n) is 10.2. The molecule has 0 aromatic carbocycles. The highest BCUT2D eigenvalue weighted by molar-refractivity contribution is 7.89. The highest BCUT2D eigenvalue weighted by atomic mass is 32.2. The summed E-state index contributed by atoms with van der Waals surface area (Å²) in [4.78, 5) is 4.03. The summed E-state index contributed by atoms with van der Waals surface area (Å²) < 4.78 is 27.0. The molecule has 1 aliphatic rings. The first-order valence-electron chi connectivity index (χ1n) is 6.26. The molecule has 0 aliphatic heterocycles. The molecule has 18 heavy (non-hydrogen) atoms. The highest BCUT2D eigenvalue weighted by Crippen LogP contribution is 2.28. The Morgan fingerprint density at radius 2 is 2.17 bits per heavy atom. The smallest absolute Gasteiger partial charge is 0.242 e. The van der Waals surface area contributed by atoms with E-state index < -0.39 is 10.0 Å². The molecule has 1 saturated carbocycles. The minimum Gasteiger partial charge on any atom is -0.329 e. The van der Waals surface area contributed by atoms with Crippen LogP contribution in [0.2, 0.25) is 0 Å². The Labute approximate surface area is 108 Å². The van der Waals surface area contributed by atoms with Gasteiger partial charge in [0.05, 0.1) is 0 Å². The molecule has 0 spiro atoms. The van der Waals surface area contributed by atoms with Crippen molar-refractivity contribution in [1.82, 2.24) is 9.71 Å². The number of nitrogens with zero attached hydrogens (tertiary/aromatic N) is 1. The second kappa shape index (κ2) is 5.77. The number of hydrogen-bond donors (Lipinski definition) is 2. The monoisotopic (exact) mass is 269 g/mol. The van der Waals surface area contributed by atoms with Crippen LogP contribution < -0.4 is 10.5 Å². The number of aromatic nitrogens is 1. The zero-order valence-corrected chi connectivity index (χ0v) is 11.1. The molecule has 1 unspecified atom stereocenters. The van der Waals surface area contributed by atoms with Crippen LogP contribution in [0.25, 0.3) is 0 Å². The minimum atomic E-state index is -3.50. The normalized spacial score (nSPS) is 18.9. The van der Waals surface area contributed by atoms with E-state index >= 15 is 0 Å². The van der Waals surface area contributed by atoms with Crippen molar-refractivity contribution in [1.29, 1.82) is 0 Å².